The van der Waals surface area contributed by atoms with Gasteiger partial charge in [0.05, 0.1) is 25.3 Å². The van der Waals surface area contributed by atoms with Crippen molar-refractivity contribution >= 4 is 17.7 Å². The van der Waals surface area contributed by atoms with Gasteiger partial charge in [0.15, 0.2) is 0 Å². The van der Waals surface area contributed by atoms with Gasteiger partial charge in [0.25, 0.3) is 0 Å². The predicted octanol–water partition coefficient (Wildman–Crippen LogP) is 1.72. The van der Waals surface area contributed by atoms with E-state index in [0.717, 1.165) is 29.0 Å². The Bertz CT molecular complexity index is 422. The summed E-state index contributed by atoms with van der Waals surface area (Å²) < 4.78 is 4.59. The number of methoxy groups -OCH3 is 1. The Labute approximate surface area is 104 Å². The summed E-state index contributed by atoms with van der Waals surface area (Å²) in [6.45, 7) is 0. The SMILES string of the molecule is COC(=O)CCSc1ccnc2c1CCC2O. The zero-order valence-electron chi connectivity index (χ0n) is 9.68. The molecule has 0 bridgehead atoms. The molecule has 17 heavy (non-hydrogen) atoms. The Morgan fingerprint density at radius 1 is 1.71 bits per heavy atom. The van der Waals surface area contributed by atoms with Crippen LogP contribution in [0.5, 0.6) is 0 Å². The lowest BCUT2D eigenvalue weighted by Gasteiger charge is -2.07. The van der Waals surface area contributed by atoms with Crippen molar-refractivity contribution in [2.45, 2.75) is 30.3 Å². The number of hydrogen-bond donors (Lipinski definition) is 1. The van der Waals surface area contributed by atoms with Crippen LogP contribution in [0.1, 0.15) is 30.2 Å². The van der Waals surface area contributed by atoms with Gasteiger partial charge in [-0.1, -0.05) is 0 Å². The standard InChI is InChI=1S/C12H15NO3S/c1-16-11(15)5-7-17-10-4-6-13-12-8(10)2-3-9(12)14/h4,6,9,14H,2-3,5,7H2,1H3. The Hall–Kier alpha value is -1.07. The molecule has 2 rings (SSSR count). The van der Waals surface area contributed by atoms with Crippen LogP contribution in [0.3, 0.4) is 0 Å². The molecule has 1 aromatic rings. The summed E-state index contributed by atoms with van der Waals surface area (Å²) in [5.41, 5.74) is 1.93. The second kappa shape index (κ2) is 5.51. The van der Waals surface area contributed by atoms with Gasteiger partial charge >= 0.3 is 5.97 Å². The van der Waals surface area contributed by atoms with Crippen molar-refractivity contribution in [2.24, 2.45) is 0 Å². The lowest BCUT2D eigenvalue weighted by atomic mass is 10.2. The zero-order valence-corrected chi connectivity index (χ0v) is 10.5. The molecule has 0 aromatic carbocycles. The minimum atomic E-state index is -0.425. The number of aromatic nitrogens is 1. The van der Waals surface area contributed by atoms with Gasteiger partial charge in [-0.3, -0.25) is 9.78 Å². The van der Waals surface area contributed by atoms with Crippen molar-refractivity contribution in [1.29, 1.82) is 0 Å². The Morgan fingerprint density at radius 3 is 3.29 bits per heavy atom. The third-order valence-corrected chi connectivity index (χ3v) is 3.92. The van der Waals surface area contributed by atoms with E-state index >= 15 is 0 Å². The van der Waals surface area contributed by atoms with Crippen LogP contribution in [0.2, 0.25) is 0 Å². The quantitative estimate of drug-likeness (QED) is 0.654. The third-order valence-electron chi connectivity index (χ3n) is 2.82. The van der Waals surface area contributed by atoms with Gasteiger partial charge in [-0.2, -0.15) is 0 Å². The van der Waals surface area contributed by atoms with Crippen molar-refractivity contribution in [3.63, 3.8) is 0 Å². The molecule has 5 heteroatoms. The van der Waals surface area contributed by atoms with E-state index in [9.17, 15) is 9.90 Å². The van der Waals surface area contributed by atoms with E-state index in [1.165, 1.54) is 7.11 Å². The molecule has 1 unspecified atom stereocenters. The average Bonchev–Trinajstić information content (AvgIpc) is 2.72. The second-order valence-electron chi connectivity index (χ2n) is 3.90. The first kappa shape index (κ1) is 12.4. The minimum absolute atomic E-state index is 0.191. The topological polar surface area (TPSA) is 59.4 Å². The van der Waals surface area contributed by atoms with Gasteiger partial charge in [-0.15, -0.1) is 11.8 Å². The van der Waals surface area contributed by atoms with Crippen LogP contribution in [0.25, 0.3) is 0 Å². The summed E-state index contributed by atoms with van der Waals surface area (Å²) in [5.74, 6) is 0.502. The highest BCUT2D eigenvalue weighted by Gasteiger charge is 2.24. The molecule has 1 heterocycles. The summed E-state index contributed by atoms with van der Waals surface area (Å²) in [7, 11) is 1.40. The number of hydrogen-bond acceptors (Lipinski definition) is 5. The monoisotopic (exact) mass is 253 g/mol. The number of thioether (sulfide) groups is 1. The number of fused-ring (bicyclic) bond motifs is 1. The van der Waals surface area contributed by atoms with Gasteiger partial charge in [-0.25, -0.2) is 0 Å². The van der Waals surface area contributed by atoms with E-state index in [1.54, 1.807) is 18.0 Å². The molecule has 0 saturated heterocycles. The molecular weight excluding hydrogens is 238 g/mol. The number of ether oxygens (including phenoxy) is 1. The summed E-state index contributed by atoms with van der Waals surface area (Å²) in [6, 6.07) is 1.94. The molecule has 4 nitrogen and oxygen atoms in total. The van der Waals surface area contributed by atoms with Crippen LogP contribution in [0, 0.1) is 0 Å². The highest BCUT2D eigenvalue weighted by atomic mass is 32.2. The average molecular weight is 253 g/mol. The first-order valence-corrected chi connectivity index (χ1v) is 6.56. The van der Waals surface area contributed by atoms with E-state index in [2.05, 4.69) is 9.72 Å². The molecule has 1 aliphatic rings. The number of rotatable bonds is 4. The predicted molar refractivity (Wildman–Crippen MR) is 64.9 cm³/mol. The highest BCUT2D eigenvalue weighted by Crippen LogP contribution is 2.35. The fraction of sp³-hybridized carbons (Fsp3) is 0.500. The third kappa shape index (κ3) is 2.79. The molecule has 0 spiro atoms. The maximum absolute atomic E-state index is 11.0. The summed E-state index contributed by atoms with van der Waals surface area (Å²) >= 11 is 1.62. The van der Waals surface area contributed by atoms with Crippen molar-refractivity contribution in [3.8, 4) is 0 Å². The van der Waals surface area contributed by atoms with Crippen LogP contribution in [-0.4, -0.2) is 28.9 Å². The minimum Gasteiger partial charge on any atom is -0.469 e. The second-order valence-corrected chi connectivity index (χ2v) is 5.04. The smallest absolute Gasteiger partial charge is 0.306 e. The number of pyridine rings is 1. The highest BCUT2D eigenvalue weighted by molar-refractivity contribution is 7.99. The van der Waals surface area contributed by atoms with Crippen molar-refractivity contribution in [2.75, 3.05) is 12.9 Å². The molecule has 92 valence electrons. The van der Waals surface area contributed by atoms with Gasteiger partial charge in [-0.05, 0) is 24.5 Å². The number of carbonyl (C=O) groups is 1. The number of esters is 1. The zero-order chi connectivity index (χ0) is 12.3. The van der Waals surface area contributed by atoms with Crippen LogP contribution in [-0.2, 0) is 16.0 Å². The van der Waals surface area contributed by atoms with E-state index in [4.69, 9.17) is 0 Å². The maximum atomic E-state index is 11.0. The number of carbonyl (C=O) groups excluding carboxylic acids is 1. The van der Waals surface area contributed by atoms with E-state index in [-0.39, 0.29) is 5.97 Å². The van der Waals surface area contributed by atoms with Crippen molar-refractivity contribution < 1.29 is 14.6 Å². The van der Waals surface area contributed by atoms with Crippen LogP contribution in [0.4, 0.5) is 0 Å². The molecule has 0 saturated carbocycles. The molecule has 1 aromatic heterocycles. The summed E-state index contributed by atoms with van der Waals surface area (Å²) in [4.78, 5) is 16.3. The molecule has 0 radical (unpaired) electrons. The number of aliphatic hydroxyl groups excluding tert-OH is 1. The van der Waals surface area contributed by atoms with E-state index in [1.807, 2.05) is 6.07 Å². The fourth-order valence-corrected chi connectivity index (χ4v) is 2.95. The normalized spacial score (nSPS) is 17.9. The van der Waals surface area contributed by atoms with Gasteiger partial charge < -0.3 is 9.84 Å². The lowest BCUT2D eigenvalue weighted by Crippen LogP contribution is -2.01. The number of nitrogens with zero attached hydrogens (tertiary/aromatic N) is 1. The fourth-order valence-electron chi connectivity index (χ4n) is 1.93. The van der Waals surface area contributed by atoms with E-state index in [0.29, 0.717) is 12.2 Å². The van der Waals surface area contributed by atoms with Crippen LogP contribution >= 0.6 is 11.8 Å². The molecule has 1 N–H and O–H groups in total. The Balaban J connectivity index is 2.00. The van der Waals surface area contributed by atoms with Gasteiger partial charge in [0.2, 0.25) is 0 Å². The molecule has 1 aliphatic carbocycles. The number of aliphatic hydroxyl groups is 1. The molecular formula is C12H15NO3S. The lowest BCUT2D eigenvalue weighted by molar-refractivity contribution is -0.140. The van der Waals surface area contributed by atoms with Gasteiger partial charge in [0.1, 0.15) is 0 Å². The summed E-state index contributed by atoms with van der Waals surface area (Å²) in [5, 5.41) is 9.71. The van der Waals surface area contributed by atoms with Crippen LogP contribution < -0.4 is 0 Å². The molecule has 0 amide bonds. The summed E-state index contributed by atoms with van der Waals surface area (Å²) in [6.07, 6.45) is 3.31. The largest absolute Gasteiger partial charge is 0.469 e. The van der Waals surface area contributed by atoms with Gasteiger partial charge in [0, 0.05) is 16.8 Å². The first-order chi connectivity index (χ1) is 8.22. The molecule has 1 atom stereocenters. The van der Waals surface area contributed by atoms with E-state index < -0.39 is 6.10 Å². The molecule has 0 aliphatic heterocycles. The first-order valence-electron chi connectivity index (χ1n) is 5.58. The molecule has 0 fully saturated rings. The Kier molecular flexibility index (Phi) is 4.02. The van der Waals surface area contributed by atoms with Crippen molar-refractivity contribution in [3.05, 3.63) is 23.5 Å². The van der Waals surface area contributed by atoms with Crippen LogP contribution in [0.15, 0.2) is 17.2 Å². The maximum Gasteiger partial charge on any atom is 0.306 e. The van der Waals surface area contributed by atoms with Crippen molar-refractivity contribution in [1.82, 2.24) is 4.98 Å². The Morgan fingerprint density at radius 2 is 2.53 bits per heavy atom.